The Bertz CT molecular complexity index is 445. The van der Waals surface area contributed by atoms with E-state index in [1.165, 1.54) is 6.20 Å². The fourth-order valence-corrected chi connectivity index (χ4v) is 2.48. The SMILES string of the molecule is Cc1ncc([N+](=O)[O-])n1CC(Cl)CN1CCOCC1. The third-order valence-corrected chi connectivity index (χ3v) is 3.44. The van der Waals surface area contributed by atoms with Crippen molar-refractivity contribution in [1.82, 2.24) is 14.5 Å². The maximum Gasteiger partial charge on any atom is 0.342 e. The first kappa shape index (κ1) is 14.2. The van der Waals surface area contributed by atoms with Gasteiger partial charge in [0.2, 0.25) is 0 Å². The van der Waals surface area contributed by atoms with E-state index in [0.29, 0.717) is 32.1 Å². The maximum atomic E-state index is 10.9. The van der Waals surface area contributed by atoms with Crippen molar-refractivity contribution in [2.45, 2.75) is 18.8 Å². The van der Waals surface area contributed by atoms with E-state index in [-0.39, 0.29) is 11.2 Å². The molecule has 0 saturated carbocycles. The summed E-state index contributed by atoms with van der Waals surface area (Å²) in [5.41, 5.74) is 0. The van der Waals surface area contributed by atoms with Crippen LogP contribution < -0.4 is 0 Å². The molecule has 1 aliphatic heterocycles. The molecule has 0 bridgehead atoms. The van der Waals surface area contributed by atoms with E-state index < -0.39 is 4.92 Å². The van der Waals surface area contributed by atoms with Gasteiger partial charge in [0.1, 0.15) is 12.7 Å². The molecule has 0 radical (unpaired) electrons. The highest BCUT2D eigenvalue weighted by Gasteiger charge is 2.22. The number of morpholine rings is 1. The van der Waals surface area contributed by atoms with E-state index in [9.17, 15) is 10.1 Å². The van der Waals surface area contributed by atoms with E-state index >= 15 is 0 Å². The molecule has 1 unspecified atom stereocenters. The average Bonchev–Trinajstić information content (AvgIpc) is 2.72. The zero-order valence-electron chi connectivity index (χ0n) is 10.8. The van der Waals surface area contributed by atoms with Crippen LogP contribution in [0.2, 0.25) is 0 Å². The van der Waals surface area contributed by atoms with Crippen LogP contribution in [0.25, 0.3) is 0 Å². The van der Waals surface area contributed by atoms with Crippen LogP contribution in [0.5, 0.6) is 0 Å². The van der Waals surface area contributed by atoms with Gasteiger partial charge in [-0.2, -0.15) is 0 Å². The number of hydrogen-bond donors (Lipinski definition) is 0. The summed E-state index contributed by atoms with van der Waals surface area (Å²) in [7, 11) is 0. The third kappa shape index (κ3) is 3.65. The Morgan fingerprint density at radius 2 is 2.21 bits per heavy atom. The molecule has 8 heteroatoms. The first-order valence-electron chi connectivity index (χ1n) is 6.18. The molecule has 19 heavy (non-hydrogen) atoms. The molecule has 1 aromatic rings. The molecule has 2 rings (SSSR count). The summed E-state index contributed by atoms with van der Waals surface area (Å²) < 4.78 is 6.82. The normalized spacial score (nSPS) is 18.4. The van der Waals surface area contributed by atoms with Crippen molar-refractivity contribution in [3.8, 4) is 0 Å². The molecule has 0 aliphatic carbocycles. The number of alkyl halides is 1. The standard InChI is InChI=1S/C11H17ClN4O3/c1-9-13-6-11(16(17)18)15(9)8-10(12)7-14-2-4-19-5-3-14/h6,10H,2-5,7-8H2,1H3. The highest BCUT2D eigenvalue weighted by molar-refractivity contribution is 6.20. The van der Waals surface area contributed by atoms with Crippen LogP contribution in [-0.4, -0.2) is 57.6 Å². The van der Waals surface area contributed by atoms with Gasteiger partial charge < -0.3 is 14.9 Å². The van der Waals surface area contributed by atoms with Crippen molar-refractivity contribution in [1.29, 1.82) is 0 Å². The molecule has 7 nitrogen and oxygen atoms in total. The number of ether oxygens (including phenoxy) is 1. The van der Waals surface area contributed by atoms with E-state index in [4.69, 9.17) is 16.3 Å². The third-order valence-electron chi connectivity index (χ3n) is 3.16. The second kappa shape index (κ2) is 6.31. The van der Waals surface area contributed by atoms with Crippen LogP contribution in [0.1, 0.15) is 5.82 Å². The van der Waals surface area contributed by atoms with Gasteiger partial charge in [-0.25, -0.2) is 9.55 Å². The number of nitrogens with zero attached hydrogens (tertiary/aromatic N) is 4. The Hall–Kier alpha value is -1.18. The van der Waals surface area contributed by atoms with Gasteiger partial charge in [-0.15, -0.1) is 11.6 Å². The molecule has 1 saturated heterocycles. The van der Waals surface area contributed by atoms with Gasteiger partial charge in [0, 0.05) is 26.6 Å². The Kier molecular flexibility index (Phi) is 4.73. The molecule has 106 valence electrons. The number of aryl methyl sites for hydroxylation is 1. The minimum absolute atomic E-state index is 0.00914. The summed E-state index contributed by atoms with van der Waals surface area (Å²) in [6, 6.07) is 0. The van der Waals surface area contributed by atoms with Crippen LogP contribution in [0, 0.1) is 17.0 Å². The van der Waals surface area contributed by atoms with Crippen molar-refractivity contribution in [3.05, 3.63) is 22.1 Å². The predicted molar refractivity (Wildman–Crippen MR) is 70.5 cm³/mol. The Labute approximate surface area is 116 Å². The van der Waals surface area contributed by atoms with E-state index in [1.54, 1.807) is 11.5 Å². The molecule has 1 atom stereocenters. The molecule has 2 heterocycles. The maximum absolute atomic E-state index is 10.9. The molecular weight excluding hydrogens is 272 g/mol. The number of halogens is 1. The van der Waals surface area contributed by atoms with Gasteiger partial charge >= 0.3 is 5.82 Å². The van der Waals surface area contributed by atoms with Crippen molar-refractivity contribution < 1.29 is 9.66 Å². The molecule has 1 aromatic heterocycles. The smallest absolute Gasteiger partial charge is 0.342 e. The highest BCUT2D eigenvalue weighted by atomic mass is 35.5. The summed E-state index contributed by atoms with van der Waals surface area (Å²) in [6.07, 6.45) is 1.27. The molecule has 0 spiro atoms. The second-order valence-corrected chi connectivity index (χ2v) is 5.16. The minimum Gasteiger partial charge on any atom is -0.379 e. The molecular formula is C11H17ClN4O3. The summed E-state index contributed by atoms with van der Waals surface area (Å²) >= 11 is 6.30. The van der Waals surface area contributed by atoms with Crippen LogP contribution >= 0.6 is 11.6 Å². The quantitative estimate of drug-likeness (QED) is 0.460. The Balaban J connectivity index is 1.96. The fraction of sp³-hybridized carbons (Fsp3) is 0.727. The van der Waals surface area contributed by atoms with Gasteiger partial charge in [-0.1, -0.05) is 0 Å². The first-order valence-corrected chi connectivity index (χ1v) is 6.62. The summed E-state index contributed by atoms with van der Waals surface area (Å²) in [5.74, 6) is 0.601. The Morgan fingerprint density at radius 1 is 1.53 bits per heavy atom. The monoisotopic (exact) mass is 288 g/mol. The lowest BCUT2D eigenvalue weighted by Crippen LogP contribution is -2.40. The highest BCUT2D eigenvalue weighted by Crippen LogP contribution is 2.16. The van der Waals surface area contributed by atoms with Gasteiger partial charge in [-0.3, -0.25) is 4.90 Å². The molecule has 1 fully saturated rings. The summed E-state index contributed by atoms with van der Waals surface area (Å²) in [4.78, 5) is 16.6. The van der Waals surface area contributed by atoms with Gasteiger partial charge in [0.15, 0.2) is 5.82 Å². The number of hydrogen-bond acceptors (Lipinski definition) is 5. The zero-order chi connectivity index (χ0) is 13.8. The lowest BCUT2D eigenvalue weighted by atomic mass is 10.3. The van der Waals surface area contributed by atoms with Crippen LogP contribution in [0.15, 0.2) is 6.20 Å². The number of imidazole rings is 1. The van der Waals surface area contributed by atoms with E-state index in [2.05, 4.69) is 9.88 Å². The van der Waals surface area contributed by atoms with Crippen molar-refractivity contribution >= 4 is 17.4 Å². The lowest BCUT2D eigenvalue weighted by molar-refractivity contribution is -0.392. The van der Waals surface area contributed by atoms with Gasteiger partial charge in [-0.05, 0) is 4.92 Å². The summed E-state index contributed by atoms with van der Waals surface area (Å²) in [6.45, 7) is 5.97. The van der Waals surface area contributed by atoms with E-state index in [0.717, 1.165) is 13.1 Å². The zero-order valence-corrected chi connectivity index (χ0v) is 11.5. The van der Waals surface area contributed by atoms with Crippen LogP contribution in [0.3, 0.4) is 0 Å². The second-order valence-electron chi connectivity index (χ2n) is 4.54. The van der Waals surface area contributed by atoms with Crippen LogP contribution in [0.4, 0.5) is 5.82 Å². The van der Waals surface area contributed by atoms with E-state index in [1.807, 2.05) is 0 Å². The van der Waals surface area contributed by atoms with Gasteiger partial charge in [0.05, 0.1) is 18.6 Å². The molecule has 0 amide bonds. The number of nitro groups is 1. The van der Waals surface area contributed by atoms with Gasteiger partial charge in [0.25, 0.3) is 0 Å². The molecule has 0 aromatic carbocycles. The van der Waals surface area contributed by atoms with Crippen molar-refractivity contribution in [2.24, 2.45) is 0 Å². The van der Waals surface area contributed by atoms with Crippen LogP contribution in [-0.2, 0) is 11.3 Å². The number of rotatable bonds is 5. The average molecular weight is 289 g/mol. The molecule has 0 N–H and O–H groups in total. The molecule has 1 aliphatic rings. The topological polar surface area (TPSA) is 73.4 Å². The first-order chi connectivity index (χ1) is 9.08. The number of aromatic nitrogens is 2. The predicted octanol–water partition coefficient (Wildman–Crippen LogP) is 1.04. The lowest BCUT2D eigenvalue weighted by Gasteiger charge is -2.27. The largest absolute Gasteiger partial charge is 0.379 e. The van der Waals surface area contributed by atoms with Crippen molar-refractivity contribution in [2.75, 3.05) is 32.8 Å². The minimum atomic E-state index is -0.432. The van der Waals surface area contributed by atoms with Crippen molar-refractivity contribution in [3.63, 3.8) is 0 Å². The summed E-state index contributed by atoms with van der Waals surface area (Å²) in [5, 5.41) is 10.7. The Morgan fingerprint density at radius 3 is 2.84 bits per heavy atom. The fourth-order valence-electron chi connectivity index (χ4n) is 2.15.